The highest BCUT2D eigenvalue weighted by molar-refractivity contribution is 5.23. The molecule has 2 saturated heterocycles. The number of aromatic nitrogens is 2. The number of nitrogens with zero attached hydrogens (tertiary/aromatic N) is 2. The van der Waals surface area contributed by atoms with Crippen molar-refractivity contribution in [3.63, 3.8) is 0 Å². The molecule has 0 amide bonds. The maximum atomic E-state index is 14.4. The van der Waals surface area contributed by atoms with Gasteiger partial charge in [0.1, 0.15) is 17.5 Å². The second-order valence-corrected chi connectivity index (χ2v) is 5.20. The summed E-state index contributed by atoms with van der Waals surface area (Å²) in [7, 11) is 0. The minimum atomic E-state index is -1.90. The van der Waals surface area contributed by atoms with E-state index in [4.69, 9.17) is 15.2 Å². The standard InChI is InChI=1S/C12H16FN3O5/c13-8-9(18)12(5-17,6-2-4-20-6)21-10(8)16-3-1-7(14)15-11(16)19/h1,3,6,8-10,17-18H,2,4-5H2,(H2,14,15,19)/t6?,8?,9?,10-,12+/m1/s1. The molecule has 3 rings (SSSR count). The number of halogens is 1. The molecule has 9 heteroatoms. The fraction of sp³-hybridized carbons (Fsp3) is 0.667. The molecular weight excluding hydrogens is 285 g/mol. The zero-order valence-electron chi connectivity index (χ0n) is 11.1. The van der Waals surface area contributed by atoms with Crippen molar-refractivity contribution in [3.8, 4) is 0 Å². The number of alkyl halides is 1. The lowest BCUT2D eigenvalue weighted by Crippen LogP contribution is -2.59. The first-order valence-electron chi connectivity index (χ1n) is 6.56. The Bertz CT molecular complexity index is 593. The van der Waals surface area contributed by atoms with Crippen molar-refractivity contribution in [3.05, 3.63) is 22.7 Å². The Kier molecular flexibility index (Phi) is 3.44. The van der Waals surface area contributed by atoms with Gasteiger partial charge in [-0.3, -0.25) is 4.57 Å². The van der Waals surface area contributed by atoms with Crippen LogP contribution in [0, 0.1) is 0 Å². The van der Waals surface area contributed by atoms with Crippen LogP contribution in [-0.4, -0.2) is 57.0 Å². The molecule has 3 heterocycles. The number of aliphatic hydroxyl groups excluding tert-OH is 2. The summed E-state index contributed by atoms with van der Waals surface area (Å²) in [4.78, 5) is 15.3. The molecule has 1 aromatic heterocycles. The zero-order valence-corrected chi connectivity index (χ0v) is 11.1. The van der Waals surface area contributed by atoms with Gasteiger partial charge in [0.15, 0.2) is 12.4 Å². The van der Waals surface area contributed by atoms with Crippen LogP contribution in [0.5, 0.6) is 0 Å². The number of aliphatic hydroxyl groups is 2. The van der Waals surface area contributed by atoms with Crippen molar-refractivity contribution in [2.45, 2.75) is 36.6 Å². The first-order chi connectivity index (χ1) is 9.99. The fourth-order valence-electron chi connectivity index (χ4n) is 2.73. The van der Waals surface area contributed by atoms with Gasteiger partial charge >= 0.3 is 5.69 Å². The summed E-state index contributed by atoms with van der Waals surface area (Å²) in [6.45, 7) is -0.166. The highest BCUT2D eigenvalue weighted by atomic mass is 19.1. The lowest BCUT2D eigenvalue weighted by molar-refractivity contribution is -0.234. The van der Waals surface area contributed by atoms with Gasteiger partial charge in [0, 0.05) is 12.8 Å². The Morgan fingerprint density at radius 1 is 1.62 bits per heavy atom. The largest absolute Gasteiger partial charge is 0.393 e. The Hall–Kier alpha value is -1.55. The van der Waals surface area contributed by atoms with Crippen molar-refractivity contribution < 1.29 is 24.1 Å². The number of anilines is 1. The quantitative estimate of drug-likeness (QED) is 0.626. The van der Waals surface area contributed by atoms with Gasteiger partial charge in [0.25, 0.3) is 0 Å². The minimum Gasteiger partial charge on any atom is -0.393 e. The molecule has 2 fully saturated rings. The lowest BCUT2D eigenvalue weighted by Gasteiger charge is -2.42. The maximum Gasteiger partial charge on any atom is 0.351 e. The maximum absolute atomic E-state index is 14.4. The summed E-state index contributed by atoms with van der Waals surface area (Å²) in [6.07, 6.45) is -3.74. The van der Waals surface area contributed by atoms with Crippen molar-refractivity contribution >= 4 is 5.82 Å². The normalized spacial score (nSPS) is 39.2. The number of nitrogens with two attached hydrogens (primary N) is 1. The van der Waals surface area contributed by atoms with E-state index in [9.17, 15) is 19.4 Å². The van der Waals surface area contributed by atoms with E-state index in [2.05, 4.69) is 4.98 Å². The molecular formula is C12H16FN3O5. The molecule has 0 saturated carbocycles. The van der Waals surface area contributed by atoms with Crippen LogP contribution < -0.4 is 11.4 Å². The van der Waals surface area contributed by atoms with E-state index >= 15 is 0 Å². The molecule has 0 aromatic carbocycles. The molecule has 5 atom stereocenters. The van der Waals surface area contributed by atoms with Gasteiger partial charge in [-0.25, -0.2) is 9.18 Å². The average molecular weight is 301 g/mol. The van der Waals surface area contributed by atoms with Gasteiger partial charge in [-0.05, 0) is 12.5 Å². The summed E-state index contributed by atoms with van der Waals surface area (Å²) >= 11 is 0. The number of hydrogen-bond acceptors (Lipinski definition) is 7. The molecule has 1 aromatic rings. The molecule has 2 aliphatic rings. The smallest absolute Gasteiger partial charge is 0.351 e. The van der Waals surface area contributed by atoms with E-state index in [1.54, 1.807) is 0 Å². The Morgan fingerprint density at radius 2 is 2.33 bits per heavy atom. The van der Waals surface area contributed by atoms with Gasteiger partial charge < -0.3 is 25.4 Å². The highest BCUT2D eigenvalue weighted by Gasteiger charge is 2.61. The van der Waals surface area contributed by atoms with E-state index < -0.39 is 42.5 Å². The third-order valence-corrected chi connectivity index (χ3v) is 4.03. The molecule has 0 spiro atoms. The first-order valence-corrected chi connectivity index (χ1v) is 6.56. The summed E-state index contributed by atoms with van der Waals surface area (Å²) in [6, 6.07) is 1.32. The average Bonchev–Trinajstić information content (AvgIpc) is 2.63. The Balaban J connectivity index is 1.96. The van der Waals surface area contributed by atoms with Gasteiger partial charge in [0.05, 0.1) is 12.7 Å². The third kappa shape index (κ3) is 2.04. The molecule has 0 radical (unpaired) electrons. The molecule has 21 heavy (non-hydrogen) atoms. The second kappa shape index (κ2) is 5.02. The SMILES string of the molecule is Nc1ccn([C@@H]2O[C@@](CO)(C3CCO3)C(O)C2F)c(=O)n1. The van der Waals surface area contributed by atoms with Gasteiger partial charge in [0.2, 0.25) is 0 Å². The second-order valence-electron chi connectivity index (χ2n) is 5.20. The molecule has 8 nitrogen and oxygen atoms in total. The predicted octanol–water partition coefficient (Wildman–Crippen LogP) is -1.43. The summed E-state index contributed by atoms with van der Waals surface area (Å²) in [5.41, 5.74) is 3.00. The summed E-state index contributed by atoms with van der Waals surface area (Å²) < 4.78 is 26.0. The van der Waals surface area contributed by atoms with E-state index in [-0.39, 0.29) is 5.82 Å². The molecule has 4 N–H and O–H groups in total. The number of ether oxygens (including phenoxy) is 2. The van der Waals surface area contributed by atoms with Crippen LogP contribution in [0.4, 0.5) is 10.2 Å². The van der Waals surface area contributed by atoms with Gasteiger partial charge in [-0.15, -0.1) is 0 Å². The molecule has 3 unspecified atom stereocenters. The molecule has 116 valence electrons. The predicted molar refractivity (Wildman–Crippen MR) is 68.1 cm³/mol. The summed E-state index contributed by atoms with van der Waals surface area (Å²) in [5.74, 6) is 0.000881. The Morgan fingerprint density at radius 3 is 2.86 bits per heavy atom. The topological polar surface area (TPSA) is 120 Å². The highest BCUT2D eigenvalue weighted by Crippen LogP contribution is 2.44. The zero-order chi connectivity index (χ0) is 15.2. The summed E-state index contributed by atoms with van der Waals surface area (Å²) in [5, 5.41) is 19.7. The van der Waals surface area contributed by atoms with Crippen LogP contribution in [0.1, 0.15) is 12.6 Å². The number of nitrogen functional groups attached to an aromatic ring is 1. The van der Waals surface area contributed by atoms with E-state index in [1.165, 1.54) is 12.3 Å². The van der Waals surface area contributed by atoms with Crippen LogP contribution in [0.25, 0.3) is 0 Å². The third-order valence-electron chi connectivity index (χ3n) is 4.03. The van der Waals surface area contributed by atoms with Crippen LogP contribution in [0.2, 0.25) is 0 Å². The monoisotopic (exact) mass is 301 g/mol. The van der Waals surface area contributed by atoms with Crippen LogP contribution in [0.3, 0.4) is 0 Å². The first kappa shape index (κ1) is 14.4. The van der Waals surface area contributed by atoms with Gasteiger partial charge in [-0.1, -0.05) is 0 Å². The van der Waals surface area contributed by atoms with Crippen molar-refractivity contribution in [1.29, 1.82) is 0 Å². The van der Waals surface area contributed by atoms with E-state index in [1.807, 2.05) is 0 Å². The molecule has 2 aliphatic heterocycles. The van der Waals surface area contributed by atoms with Crippen LogP contribution in [0.15, 0.2) is 17.1 Å². The number of hydrogen-bond donors (Lipinski definition) is 3. The minimum absolute atomic E-state index is 0.000881. The fourth-order valence-corrected chi connectivity index (χ4v) is 2.73. The Labute approximate surface area is 118 Å². The number of rotatable bonds is 3. The molecule has 0 aliphatic carbocycles. The van der Waals surface area contributed by atoms with Crippen molar-refractivity contribution in [2.75, 3.05) is 18.9 Å². The van der Waals surface area contributed by atoms with Crippen LogP contribution in [-0.2, 0) is 9.47 Å². The lowest BCUT2D eigenvalue weighted by atomic mass is 9.86. The van der Waals surface area contributed by atoms with E-state index in [0.717, 1.165) is 4.57 Å². The molecule has 0 bridgehead atoms. The van der Waals surface area contributed by atoms with Crippen LogP contribution >= 0.6 is 0 Å². The van der Waals surface area contributed by atoms with E-state index in [0.29, 0.717) is 13.0 Å². The van der Waals surface area contributed by atoms with Gasteiger partial charge in [-0.2, -0.15) is 4.98 Å². The van der Waals surface area contributed by atoms with Crippen molar-refractivity contribution in [2.24, 2.45) is 0 Å². The van der Waals surface area contributed by atoms with Crippen molar-refractivity contribution in [1.82, 2.24) is 9.55 Å².